The molecule has 0 bridgehead atoms. The van der Waals surface area contributed by atoms with Crippen LogP contribution in [-0.4, -0.2) is 28.0 Å². The molecule has 3 aromatic rings. The lowest BCUT2D eigenvalue weighted by atomic mass is 10.2. The van der Waals surface area contributed by atoms with Crippen LogP contribution >= 0.6 is 23.5 Å². The molecule has 0 unspecified atom stereocenters. The number of unbranched alkanes of at least 4 members (excludes halogenated alkanes) is 6. The smallest absolute Gasteiger partial charge is 0.230 e. The summed E-state index contributed by atoms with van der Waals surface area (Å²) in [5, 5.41) is 1.52. The average molecular weight is 481 g/mol. The van der Waals surface area contributed by atoms with Gasteiger partial charge in [0.05, 0.1) is 0 Å². The predicted octanol–water partition coefficient (Wildman–Crippen LogP) is 8.14. The second-order valence-corrected chi connectivity index (χ2v) is 10.2. The van der Waals surface area contributed by atoms with Gasteiger partial charge in [-0.05, 0) is 60.6 Å². The van der Waals surface area contributed by atoms with Gasteiger partial charge >= 0.3 is 0 Å². The Morgan fingerprint density at radius 1 is 0.576 bits per heavy atom. The Hall–Kier alpha value is -2.05. The van der Waals surface area contributed by atoms with Crippen LogP contribution in [0.1, 0.15) is 65.2 Å². The first-order valence-corrected chi connectivity index (χ1v) is 13.9. The lowest BCUT2D eigenvalue weighted by Crippen LogP contribution is -2.28. The SMILES string of the molecule is CCCCCCN(CCCCCC)c1nc(Sc2ccccc2)nc(Sc2ccccc2)n1. The predicted molar refractivity (Wildman–Crippen MR) is 141 cm³/mol. The highest BCUT2D eigenvalue weighted by molar-refractivity contribution is 7.99. The van der Waals surface area contributed by atoms with E-state index < -0.39 is 0 Å². The quantitative estimate of drug-likeness (QED) is 0.204. The molecule has 176 valence electrons. The van der Waals surface area contributed by atoms with Crippen LogP contribution < -0.4 is 4.90 Å². The third kappa shape index (κ3) is 9.38. The molecule has 0 saturated heterocycles. The van der Waals surface area contributed by atoms with Gasteiger partial charge in [0.1, 0.15) is 0 Å². The minimum absolute atomic E-state index is 0.761. The molecule has 0 fully saturated rings. The Morgan fingerprint density at radius 3 is 1.45 bits per heavy atom. The number of nitrogens with zero attached hydrogens (tertiary/aromatic N) is 4. The summed E-state index contributed by atoms with van der Waals surface area (Å²) < 4.78 is 0. The van der Waals surface area contributed by atoms with Crippen molar-refractivity contribution >= 4 is 29.5 Å². The van der Waals surface area contributed by atoms with E-state index in [9.17, 15) is 0 Å². The van der Waals surface area contributed by atoms with Crippen LogP contribution in [0.4, 0.5) is 5.95 Å². The number of anilines is 1. The summed E-state index contributed by atoms with van der Waals surface area (Å²) >= 11 is 3.21. The minimum atomic E-state index is 0.761. The van der Waals surface area contributed by atoms with Gasteiger partial charge in [0.2, 0.25) is 5.95 Å². The lowest BCUT2D eigenvalue weighted by Gasteiger charge is -2.23. The summed E-state index contributed by atoms with van der Waals surface area (Å²) in [7, 11) is 0. The van der Waals surface area contributed by atoms with E-state index in [-0.39, 0.29) is 0 Å². The van der Waals surface area contributed by atoms with Gasteiger partial charge in [-0.15, -0.1) is 0 Å². The molecule has 4 nitrogen and oxygen atoms in total. The van der Waals surface area contributed by atoms with Crippen molar-refractivity contribution in [1.29, 1.82) is 0 Å². The summed E-state index contributed by atoms with van der Waals surface area (Å²) in [4.78, 5) is 19.3. The second-order valence-electron chi connectivity index (χ2n) is 8.14. The van der Waals surface area contributed by atoms with Crippen molar-refractivity contribution in [3.8, 4) is 0 Å². The van der Waals surface area contributed by atoms with Crippen molar-refractivity contribution in [2.24, 2.45) is 0 Å². The largest absolute Gasteiger partial charge is 0.341 e. The molecule has 2 aromatic carbocycles. The van der Waals surface area contributed by atoms with Gasteiger partial charge < -0.3 is 4.90 Å². The molecule has 0 amide bonds. The summed E-state index contributed by atoms with van der Waals surface area (Å²) in [5.74, 6) is 0.815. The van der Waals surface area contributed by atoms with Gasteiger partial charge in [-0.2, -0.15) is 15.0 Å². The first-order valence-electron chi connectivity index (χ1n) is 12.2. The molecular formula is C27H36N4S2. The van der Waals surface area contributed by atoms with E-state index in [1.165, 1.54) is 51.4 Å². The van der Waals surface area contributed by atoms with Gasteiger partial charge in [0, 0.05) is 22.9 Å². The van der Waals surface area contributed by atoms with Gasteiger partial charge in [-0.1, -0.05) is 88.8 Å². The molecule has 0 saturated carbocycles. The third-order valence-corrected chi connectivity index (χ3v) is 7.08. The van der Waals surface area contributed by atoms with Crippen LogP contribution in [0.15, 0.2) is 80.8 Å². The molecule has 0 radical (unpaired) electrons. The Bertz CT molecular complexity index is 850. The topological polar surface area (TPSA) is 41.9 Å². The van der Waals surface area contributed by atoms with Crippen LogP contribution in [0.5, 0.6) is 0 Å². The molecule has 0 aliphatic rings. The zero-order valence-corrected chi connectivity index (χ0v) is 21.6. The normalized spacial score (nSPS) is 11.0. The minimum Gasteiger partial charge on any atom is -0.341 e. The monoisotopic (exact) mass is 480 g/mol. The Kier molecular flexibility index (Phi) is 11.6. The number of aromatic nitrogens is 3. The molecule has 0 N–H and O–H groups in total. The van der Waals surface area contributed by atoms with E-state index in [1.807, 2.05) is 12.1 Å². The molecule has 1 heterocycles. The van der Waals surface area contributed by atoms with Crippen LogP contribution in [-0.2, 0) is 0 Å². The van der Waals surface area contributed by atoms with Crippen molar-refractivity contribution in [2.75, 3.05) is 18.0 Å². The van der Waals surface area contributed by atoms with E-state index in [2.05, 4.69) is 67.3 Å². The van der Waals surface area contributed by atoms with Gasteiger partial charge in [0.25, 0.3) is 0 Å². The van der Waals surface area contributed by atoms with Gasteiger partial charge in [-0.3, -0.25) is 0 Å². The Balaban J connectivity index is 1.84. The van der Waals surface area contributed by atoms with E-state index >= 15 is 0 Å². The van der Waals surface area contributed by atoms with Crippen LogP contribution in [0.3, 0.4) is 0 Å². The number of benzene rings is 2. The summed E-state index contributed by atoms with van der Waals surface area (Å²) in [6.07, 6.45) is 9.92. The summed E-state index contributed by atoms with van der Waals surface area (Å²) in [5.41, 5.74) is 0. The molecule has 1 aromatic heterocycles. The number of rotatable bonds is 15. The summed E-state index contributed by atoms with van der Waals surface area (Å²) in [6, 6.07) is 20.7. The standard InChI is InChI=1S/C27H36N4S2/c1-3-5-7-15-21-31(22-16-8-6-4-2)25-28-26(32-23-17-11-9-12-18-23)30-27(29-25)33-24-19-13-10-14-20-24/h9-14,17-20H,3-8,15-16,21-22H2,1-2H3. The molecule has 33 heavy (non-hydrogen) atoms. The zero-order valence-electron chi connectivity index (χ0n) is 19.9. The molecule has 0 aliphatic heterocycles. The molecule has 0 spiro atoms. The van der Waals surface area contributed by atoms with E-state index in [1.54, 1.807) is 23.5 Å². The fraction of sp³-hybridized carbons (Fsp3) is 0.444. The molecule has 0 atom stereocenters. The maximum atomic E-state index is 4.92. The molecule has 3 rings (SSSR count). The fourth-order valence-electron chi connectivity index (χ4n) is 3.52. The Morgan fingerprint density at radius 2 is 1.03 bits per heavy atom. The van der Waals surface area contributed by atoms with E-state index in [0.29, 0.717) is 0 Å². The maximum absolute atomic E-state index is 4.92. The number of hydrogen-bond acceptors (Lipinski definition) is 6. The molecule has 6 heteroatoms. The average Bonchev–Trinajstić information content (AvgIpc) is 2.84. The lowest BCUT2D eigenvalue weighted by molar-refractivity contribution is 0.593. The van der Waals surface area contributed by atoms with Gasteiger partial charge in [0.15, 0.2) is 10.3 Å². The van der Waals surface area contributed by atoms with Crippen LogP contribution in [0.2, 0.25) is 0 Å². The van der Waals surface area contributed by atoms with E-state index in [0.717, 1.165) is 39.1 Å². The fourth-order valence-corrected chi connectivity index (χ4v) is 5.10. The Labute approximate surface area is 208 Å². The van der Waals surface area contributed by atoms with Crippen LogP contribution in [0, 0.1) is 0 Å². The molecular weight excluding hydrogens is 444 g/mol. The second kappa shape index (κ2) is 15.0. The first kappa shape index (κ1) is 25.6. The van der Waals surface area contributed by atoms with Crippen molar-refractivity contribution in [3.05, 3.63) is 60.7 Å². The highest BCUT2D eigenvalue weighted by Crippen LogP contribution is 2.30. The first-order chi connectivity index (χ1) is 16.3. The highest BCUT2D eigenvalue weighted by atomic mass is 32.2. The van der Waals surface area contributed by atoms with Crippen molar-refractivity contribution < 1.29 is 0 Å². The summed E-state index contributed by atoms with van der Waals surface area (Å²) in [6.45, 7) is 6.52. The van der Waals surface area contributed by atoms with Crippen molar-refractivity contribution in [1.82, 2.24) is 15.0 Å². The van der Waals surface area contributed by atoms with E-state index in [4.69, 9.17) is 15.0 Å². The maximum Gasteiger partial charge on any atom is 0.230 e. The number of hydrogen-bond donors (Lipinski definition) is 0. The van der Waals surface area contributed by atoms with Crippen molar-refractivity contribution in [3.63, 3.8) is 0 Å². The van der Waals surface area contributed by atoms with Crippen molar-refractivity contribution in [2.45, 2.75) is 85.3 Å². The van der Waals surface area contributed by atoms with Gasteiger partial charge in [-0.25, -0.2) is 0 Å². The molecule has 0 aliphatic carbocycles. The van der Waals surface area contributed by atoms with Crippen LogP contribution in [0.25, 0.3) is 0 Å². The highest BCUT2D eigenvalue weighted by Gasteiger charge is 2.15. The zero-order chi connectivity index (χ0) is 23.1. The third-order valence-electron chi connectivity index (χ3n) is 5.33.